The lowest BCUT2D eigenvalue weighted by molar-refractivity contribution is 0.527. The van der Waals surface area contributed by atoms with Crippen molar-refractivity contribution in [3.8, 4) is 0 Å². The van der Waals surface area contributed by atoms with Crippen LogP contribution >= 0.6 is 0 Å². The fraction of sp³-hybridized carbons (Fsp3) is 0.769. The van der Waals surface area contributed by atoms with E-state index in [1.54, 1.807) is 5.56 Å². The molecule has 1 aromatic carbocycles. The molecule has 1 aromatic rings. The third-order valence-electron chi connectivity index (χ3n) is 5.81. The summed E-state index contributed by atoms with van der Waals surface area (Å²) in [6.45, 7) is 4.54. The van der Waals surface area contributed by atoms with Gasteiger partial charge in [0.15, 0.2) is 0 Å². The standard InChI is InChI=1S/C26H46/c1-3-4-5-6-7-8-9-10-11-12-13-14-15-16-17-18-19-23-26-24-21-20-22-25(26)2/h20-22,24H,3-19,23H2,1-2H3. The van der Waals surface area contributed by atoms with Crippen molar-refractivity contribution in [2.75, 3.05) is 0 Å². The van der Waals surface area contributed by atoms with Gasteiger partial charge in [0, 0.05) is 0 Å². The van der Waals surface area contributed by atoms with E-state index in [1.807, 2.05) is 0 Å². The maximum absolute atomic E-state index is 2.30. The normalized spacial score (nSPS) is 11.2. The highest BCUT2D eigenvalue weighted by molar-refractivity contribution is 5.25. The third-order valence-corrected chi connectivity index (χ3v) is 5.81. The van der Waals surface area contributed by atoms with Crippen LogP contribution in [0.25, 0.3) is 0 Å². The molecule has 0 heterocycles. The highest BCUT2D eigenvalue weighted by Gasteiger charge is 1.98. The molecule has 0 nitrogen and oxygen atoms in total. The lowest BCUT2D eigenvalue weighted by Gasteiger charge is -2.05. The molecule has 26 heavy (non-hydrogen) atoms. The van der Waals surface area contributed by atoms with E-state index >= 15 is 0 Å². The molecule has 0 atom stereocenters. The number of aryl methyl sites for hydroxylation is 2. The smallest absolute Gasteiger partial charge is 0.0276 e. The Morgan fingerprint density at radius 3 is 1.31 bits per heavy atom. The predicted octanol–water partition coefficient (Wildman–Crippen LogP) is 9.19. The second-order valence-electron chi connectivity index (χ2n) is 8.33. The summed E-state index contributed by atoms with van der Waals surface area (Å²) < 4.78 is 0. The minimum Gasteiger partial charge on any atom is -0.0654 e. The van der Waals surface area contributed by atoms with Gasteiger partial charge < -0.3 is 0 Å². The largest absolute Gasteiger partial charge is 0.0654 e. The molecule has 150 valence electrons. The van der Waals surface area contributed by atoms with Gasteiger partial charge in [-0.3, -0.25) is 0 Å². The Morgan fingerprint density at radius 2 is 0.885 bits per heavy atom. The number of hydrogen-bond donors (Lipinski definition) is 0. The van der Waals surface area contributed by atoms with Gasteiger partial charge in [-0.2, -0.15) is 0 Å². The molecule has 0 heteroatoms. The van der Waals surface area contributed by atoms with Crippen molar-refractivity contribution in [1.82, 2.24) is 0 Å². The topological polar surface area (TPSA) is 0 Å². The molecule has 1 rings (SSSR count). The molecule has 0 aromatic heterocycles. The number of benzene rings is 1. The number of rotatable bonds is 18. The molecule has 0 aliphatic rings. The van der Waals surface area contributed by atoms with Gasteiger partial charge in [-0.1, -0.05) is 134 Å². The third kappa shape index (κ3) is 13.4. The van der Waals surface area contributed by atoms with Crippen molar-refractivity contribution in [2.24, 2.45) is 0 Å². The van der Waals surface area contributed by atoms with Crippen LogP contribution in [0.15, 0.2) is 24.3 Å². The van der Waals surface area contributed by atoms with E-state index in [2.05, 4.69) is 38.1 Å². The van der Waals surface area contributed by atoms with Gasteiger partial charge in [-0.05, 0) is 30.9 Å². The molecule has 0 fully saturated rings. The first-order valence-electron chi connectivity index (χ1n) is 11.9. The molecule has 0 amide bonds. The Labute approximate surface area is 165 Å². The average molecular weight is 359 g/mol. The zero-order valence-corrected chi connectivity index (χ0v) is 18.0. The first-order valence-corrected chi connectivity index (χ1v) is 11.9. The van der Waals surface area contributed by atoms with E-state index in [0.29, 0.717) is 0 Å². The van der Waals surface area contributed by atoms with E-state index in [-0.39, 0.29) is 0 Å². The Hall–Kier alpha value is -0.780. The number of unbranched alkanes of at least 4 members (excludes halogenated alkanes) is 16. The molecule has 0 spiro atoms. The van der Waals surface area contributed by atoms with Crippen molar-refractivity contribution in [1.29, 1.82) is 0 Å². The van der Waals surface area contributed by atoms with Crippen LogP contribution in [0.1, 0.15) is 127 Å². The SMILES string of the molecule is CCCCCCCCCCCCCCCCCCCc1ccccc1C. The van der Waals surface area contributed by atoms with Crippen LogP contribution in [0, 0.1) is 6.92 Å². The summed E-state index contributed by atoms with van der Waals surface area (Å²) in [6.07, 6.45) is 25.9. The fourth-order valence-electron chi connectivity index (χ4n) is 3.93. The minimum atomic E-state index is 1.27. The Kier molecular flexibility index (Phi) is 15.8. The van der Waals surface area contributed by atoms with Crippen LogP contribution in [-0.2, 0) is 6.42 Å². The molecule has 0 saturated carbocycles. The van der Waals surface area contributed by atoms with Crippen LogP contribution in [0.4, 0.5) is 0 Å². The summed E-state index contributed by atoms with van der Waals surface area (Å²) in [5.74, 6) is 0. The second kappa shape index (κ2) is 17.6. The van der Waals surface area contributed by atoms with E-state index < -0.39 is 0 Å². The zero-order valence-electron chi connectivity index (χ0n) is 18.0. The first-order chi connectivity index (χ1) is 12.8. The first kappa shape index (κ1) is 23.3. The fourth-order valence-corrected chi connectivity index (χ4v) is 3.93. The quantitative estimate of drug-likeness (QED) is 0.229. The molecule has 0 N–H and O–H groups in total. The van der Waals surface area contributed by atoms with Gasteiger partial charge in [-0.25, -0.2) is 0 Å². The van der Waals surface area contributed by atoms with Crippen molar-refractivity contribution in [3.05, 3.63) is 35.4 Å². The van der Waals surface area contributed by atoms with E-state index in [1.165, 1.54) is 121 Å². The van der Waals surface area contributed by atoms with Crippen LogP contribution in [0.5, 0.6) is 0 Å². The average Bonchev–Trinajstić information content (AvgIpc) is 2.65. The van der Waals surface area contributed by atoms with Gasteiger partial charge >= 0.3 is 0 Å². The number of hydrogen-bond acceptors (Lipinski definition) is 0. The molecular weight excluding hydrogens is 312 g/mol. The predicted molar refractivity (Wildman–Crippen MR) is 119 cm³/mol. The Bertz CT molecular complexity index is 406. The second-order valence-corrected chi connectivity index (χ2v) is 8.33. The molecule has 0 radical (unpaired) electrons. The zero-order chi connectivity index (χ0) is 18.7. The summed E-state index contributed by atoms with van der Waals surface area (Å²) in [5.41, 5.74) is 3.01. The van der Waals surface area contributed by atoms with Crippen molar-refractivity contribution < 1.29 is 0 Å². The van der Waals surface area contributed by atoms with Gasteiger partial charge in [0.2, 0.25) is 0 Å². The Balaban J connectivity index is 1.74. The van der Waals surface area contributed by atoms with Crippen LogP contribution in [0.3, 0.4) is 0 Å². The van der Waals surface area contributed by atoms with E-state index in [9.17, 15) is 0 Å². The molecule has 0 saturated heterocycles. The van der Waals surface area contributed by atoms with Crippen molar-refractivity contribution >= 4 is 0 Å². The summed E-state index contributed by atoms with van der Waals surface area (Å²) >= 11 is 0. The van der Waals surface area contributed by atoms with Crippen LogP contribution in [-0.4, -0.2) is 0 Å². The molecule has 0 bridgehead atoms. The molecule has 0 aliphatic heterocycles. The van der Waals surface area contributed by atoms with Gasteiger partial charge in [0.05, 0.1) is 0 Å². The highest BCUT2D eigenvalue weighted by atomic mass is 14.0. The summed E-state index contributed by atoms with van der Waals surface area (Å²) in [4.78, 5) is 0. The van der Waals surface area contributed by atoms with Crippen molar-refractivity contribution in [3.63, 3.8) is 0 Å². The van der Waals surface area contributed by atoms with Crippen LogP contribution in [0.2, 0.25) is 0 Å². The summed E-state index contributed by atoms with van der Waals surface area (Å²) in [5, 5.41) is 0. The van der Waals surface area contributed by atoms with Gasteiger partial charge in [0.25, 0.3) is 0 Å². The maximum atomic E-state index is 2.30. The van der Waals surface area contributed by atoms with Gasteiger partial charge in [-0.15, -0.1) is 0 Å². The lowest BCUT2D eigenvalue weighted by atomic mass is 10.0. The maximum Gasteiger partial charge on any atom is -0.0276 e. The van der Waals surface area contributed by atoms with E-state index in [4.69, 9.17) is 0 Å². The lowest BCUT2D eigenvalue weighted by Crippen LogP contribution is -1.89. The van der Waals surface area contributed by atoms with Crippen molar-refractivity contribution in [2.45, 2.75) is 129 Å². The minimum absolute atomic E-state index is 1.27. The van der Waals surface area contributed by atoms with E-state index in [0.717, 1.165) is 0 Å². The van der Waals surface area contributed by atoms with Crippen LogP contribution < -0.4 is 0 Å². The molecule has 0 unspecified atom stereocenters. The monoisotopic (exact) mass is 358 g/mol. The Morgan fingerprint density at radius 1 is 0.500 bits per heavy atom. The molecular formula is C26H46. The van der Waals surface area contributed by atoms with Gasteiger partial charge in [0.1, 0.15) is 0 Å². The molecule has 0 aliphatic carbocycles. The highest BCUT2D eigenvalue weighted by Crippen LogP contribution is 2.15. The summed E-state index contributed by atoms with van der Waals surface area (Å²) in [7, 11) is 0. The summed E-state index contributed by atoms with van der Waals surface area (Å²) in [6, 6.07) is 8.86.